The van der Waals surface area contributed by atoms with Gasteiger partial charge in [0.1, 0.15) is 0 Å². The minimum absolute atomic E-state index is 0.402. The van der Waals surface area contributed by atoms with Crippen LogP contribution < -0.4 is 11.3 Å². The van der Waals surface area contributed by atoms with E-state index < -0.39 is 0 Å². The van der Waals surface area contributed by atoms with Gasteiger partial charge in [-0.15, -0.1) is 0 Å². The summed E-state index contributed by atoms with van der Waals surface area (Å²) in [5, 5.41) is 0.779. The molecule has 3 N–H and O–H groups in total. The van der Waals surface area contributed by atoms with Crippen LogP contribution in [0.5, 0.6) is 0 Å². The average molecular weight is 270 g/mol. The molecule has 18 heavy (non-hydrogen) atoms. The van der Waals surface area contributed by atoms with Crippen molar-refractivity contribution in [2.45, 2.75) is 38.8 Å². The smallest absolute Gasteiger partial charge is 0.197 e. The third-order valence-electron chi connectivity index (χ3n) is 3.08. The van der Waals surface area contributed by atoms with Gasteiger partial charge in [0.2, 0.25) is 0 Å². The molecule has 1 aliphatic rings. The molecule has 0 aliphatic carbocycles. The Morgan fingerprint density at radius 2 is 2.56 bits per heavy atom. The molecule has 0 amide bonds. The summed E-state index contributed by atoms with van der Waals surface area (Å²) in [7, 11) is 0. The van der Waals surface area contributed by atoms with Gasteiger partial charge in [-0.05, 0) is 25.8 Å². The number of nitrogens with two attached hydrogens (primary N) is 1. The van der Waals surface area contributed by atoms with Crippen LogP contribution in [0.15, 0.2) is 6.20 Å². The lowest BCUT2D eigenvalue weighted by atomic mass is 10.1. The molecule has 2 rings (SSSR count). The summed E-state index contributed by atoms with van der Waals surface area (Å²) in [6.45, 7) is 6.16. The first-order valence-corrected chi connectivity index (χ1v) is 7.38. The van der Waals surface area contributed by atoms with Crippen molar-refractivity contribution in [2.24, 2.45) is 5.84 Å². The van der Waals surface area contributed by atoms with Crippen molar-refractivity contribution in [1.29, 1.82) is 0 Å². The first kappa shape index (κ1) is 13.7. The van der Waals surface area contributed by atoms with E-state index >= 15 is 0 Å². The van der Waals surface area contributed by atoms with E-state index in [2.05, 4.69) is 22.2 Å². The van der Waals surface area contributed by atoms with Gasteiger partial charge in [-0.1, -0.05) is 18.3 Å². The van der Waals surface area contributed by atoms with Crippen LogP contribution >= 0.6 is 11.3 Å². The fourth-order valence-electron chi connectivity index (χ4n) is 2.25. The van der Waals surface area contributed by atoms with Crippen molar-refractivity contribution in [3.8, 4) is 0 Å². The number of aromatic nitrogens is 1. The molecule has 2 heterocycles. The molecule has 6 heteroatoms. The molecule has 1 aromatic rings. The monoisotopic (exact) mass is 270 g/mol. The lowest BCUT2D eigenvalue weighted by Gasteiger charge is -2.32. The van der Waals surface area contributed by atoms with E-state index in [-0.39, 0.29) is 0 Å². The van der Waals surface area contributed by atoms with Crippen molar-refractivity contribution < 1.29 is 4.74 Å². The number of rotatable bonds is 6. The van der Waals surface area contributed by atoms with Gasteiger partial charge < -0.3 is 4.74 Å². The quantitative estimate of drug-likeness (QED) is 0.610. The second-order valence-corrected chi connectivity index (χ2v) is 5.76. The van der Waals surface area contributed by atoms with Crippen molar-refractivity contribution in [2.75, 3.05) is 25.1 Å². The van der Waals surface area contributed by atoms with E-state index in [0.717, 1.165) is 37.8 Å². The van der Waals surface area contributed by atoms with E-state index in [9.17, 15) is 0 Å². The van der Waals surface area contributed by atoms with Gasteiger partial charge in [-0.3, -0.25) is 10.3 Å². The number of nitrogens with zero attached hydrogens (tertiary/aromatic N) is 2. The second-order valence-electron chi connectivity index (χ2n) is 4.65. The second kappa shape index (κ2) is 7.04. The standard InChI is InChI=1S/C12H22N4OS/c1-2-6-17-10-4-3-5-16(8-10)9-11-7-14-12(15-13)18-11/h7,10H,2-6,8-9,13H2,1H3,(H,14,15). The summed E-state index contributed by atoms with van der Waals surface area (Å²) < 4.78 is 5.84. The molecule has 0 aromatic carbocycles. The summed E-state index contributed by atoms with van der Waals surface area (Å²) in [6, 6.07) is 0. The van der Waals surface area contributed by atoms with Crippen molar-refractivity contribution >= 4 is 16.5 Å². The van der Waals surface area contributed by atoms with E-state index in [1.54, 1.807) is 11.3 Å². The number of likely N-dealkylation sites (tertiary alicyclic amines) is 1. The molecule has 0 bridgehead atoms. The molecule has 0 spiro atoms. The molecule has 0 saturated carbocycles. The third kappa shape index (κ3) is 3.91. The van der Waals surface area contributed by atoms with Gasteiger partial charge in [0.15, 0.2) is 5.13 Å². The first-order chi connectivity index (χ1) is 8.81. The zero-order valence-corrected chi connectivity index (χ0v) is 11.7. The van der Waals surface area contributed by atoms with E-state index in [4.69, 9.17) is 10.6 Å². The van der Waals surface area contributed by atoms with Crippen LogP contribution in [-0.2, 0) is 11.3 Å². The Balaban J connectivity index is 1.81. The number of thiazole rings is 1. The Bertz CT molecular complexity index is 358. The Morgan fingerprint density at radius 1 is 1.67 bits per heavy atom. The molecule has 102 valence electrons. The van der Waals surface area contributed by atoms with Crippen LogP contribution in [0.2, 0.25) is 0 Å². The van der Waals surface area contributed by atoms with Gasteiger partial charge in [0, 0.05) is 30.8 Å². The highest BCUT2D eigenvalue weighted by atomic mass is 32.1. The average Bonchev–Trinajstić information content (AvgIpc) is 2.84. The number of hydrogen-bond acceptors (Lipinski definition) is 6. The SMILES string of the molecule is CCCOC1CCCN(Cc2cnc(NN)s2)C1. The third-order valence-corrected chi connectivity index (χ3v) is 3.99. The summed E-state index contributed by atoms with van der Waals surface area (Å²) in [6.07, 6.45) is 5.80. The van der Waals surface area contributed by atoms with Crippen LogP contribution in [0.3, 0.4) is 0 Å². The predicted molar refractivity (Wildman–Crippen MR) is 74.5 cm³/mol. The van der Waals surface area contributed by atoms with Gasteiger partial charge in [0.25, 0.3) is 0 Å². The van der Waals surface area contributed by atoms with Gasteiger partial charge in [-0.2, -0.15) is 0 Å². The highest BCUT2D eigenvalue weighted by molar-refractivity contribution is 7.15. The minimum Gasteiger partial charge on any atom is -0.377 e. The topological polar surface area (TPSA) is 63.4 Å². The van der Waals surface area contributed by atoms with Crippen LogP contribution in [0.4, 0.5) is 5.13 Å². The van der Waals surface area contributed by atoms with Crippen molar-refractivity contribution in [3.05, 3.63) is 11.1 Å². The van der Waals surface area contributed by atoms with Gasteiger partial charge in [0.05, 0.1) is 6.10 Å². The van der Waals surface area contributed by atoms with E-state index in [0.29, 0.717) is 6.10 Å². The zero-order valence-electron chi connectivity index (χ0n) is 10.9. The molecule has 1 fully saturated rings. The van der Waals surface area contributed by atoms with E-state index in [1.165, 1.54) is 17.7 Å². The number of hydrazine groups is 1. The number of piperidine rings is 1. The normalized spacial score (nSPS) is 21.1. The lowest BCUT2D eigenvalue weighted by Crippen LogP contribution is -2.39. The maximum Gasteiger partial charge on any atom is 0.197 e. The summed E-state index contributed by atoms with van der Waals surface area (Å²) >= 11 is 1.62. The molecule has 1 atom stereocenters. The molecular formula is C12H22N4OS. The summed E-state index contributed by atoms with van der Waals surface area (Å²) in [5.74, 6) is 5.34. The number of hydrogen-bond donors (Lipinski definition) is 2. The number of anilines is 1. The largest absolute Gasteiger partial charge is 0.377 e. The Hall–Kier alpha value is -0.690. The maximum atomic E-state index is 5.84. The Labute approximate surface area is 112 Å². The summed E-state index contributed by atoms with van der Waals surface area (Å²) in [5.41, 5.74) is 2.59. The minimum atomic E-state index is 0.402. The molecular weight excluding hydrogens is 248 g/mol. The molecule has 0 radical (unpaired) electrons. The number of ether oxygens (including phenoxy) is 1. The van der Waals surface area contributed by atoms with Crippen LogP contribution in [0.1, 0.15) is 31.1 Å². The van der Waals surface area contributed by atoms with Crippen LogP contribution in [0.25, 0.3) is 0 Å². The molecule has 1 unspecified atom stereocenters. The fourth-order valence-corrected chi connectivity index (χ4v) is 3.01. The van der Waals surface area contributed by atoms with Crippen molar-refractivity contribution in [3.63, 3.8) is 0 Å². The first-order valence-electron chi connectivity index (χ1n) is 6.57. The maximum absolute atomic E-state index is 5.84. The van der Waals surface area contributed by atoms with Crippen LogP contribution in [0, 0.1) is 0 Å². The predicted octanol–water partition coefficient (Wildman–Crippen LogP) is 1.82. The molecule has 1 aliphatic heterocycles. The Kier molecular flexibility index (Phi) is 5.37. The van der Waals surface area contributed by atoms with Gasteiger partial charge in [-0.25, -0.2) is 10.8 Å². The van der Waals surface area contributed by atoms with Gasteiger partial charge >= 0.3 is 0 Å². The van der Waals surface area contributed by atoms with E-state index in [1.807, 2.05) is 6.20 Å². The lowest BCUT2D eigenvalue weighted by molar-refractivity contribution is -0.00199. The Morgan fingerprint density at radius 3 is 3.28 bits per heavy atom. The highest BCUT2D eigenvalue weighted by Crippen LogP contribution is 2.21. The molecule has 5 nitrogen and oxygen atoms in total. The zero-order chi connectivity index (χ0) is 12.8. The number of nitrogens with one attached hydrogen (secondary N) is 1. The highest BCUT2D eigenvalue weighted by Gasteiger charge is 2.20. The van der Waals surface area contributed by atoms with Crippen molar-refractivity contribution in [1.82, 2.24) is 9.88 Å². The summed E-state index contributed by atoms with van der Waals surface area (Å²) in [4.78, 5) is 7.88. The fraction of sp³-hybridized carbons (Fsp3) is 0.750. The molecule has 1 aromatic heterocycles. The number of nitrogen functional groups attached to an aromatic ring is 1. The van der Waals surface area contributed by atoms with Crippen LogP contribution in [-0.4, -0.2) is 35.7 Å². The molecule has 1 saturated heterocycles.